The summed E-state index contributed by atoms with van der Waals surface area (Å²) in [7, 11) is 2.17. The molecule has 1 aliphatic carbocycles. The molecule has 3 unspecified atom stereocenters. The summed E-state index contributed by atoms with van der Waals surface area (Å²) in [6.07, 6.45) is 12.8. The lowest BCUT2D eigenvalue weighted by Crippen LogP contribution is -2.50. The zero-order valence-electron chi connectivity index (χ0n) is 14.0. The van der Waals surface area contributed by atoms with Gasteiger partial charge in [-0.3, -0.25) is 4.90 Å². The minimum atomic E-state index is 0.728. The molecule has 2 rings (SSSR count). The van der Waals surface area contributed by atoms with Crippen molar-refractivity contribution in [1.29, 1.82) is 0 Å². The van der Waals surface area contributed by atoms with E-state index in [-0.39, 0.29) is 0 Å². The van der Waals surface area contributed by atoms with Crippen molar-refractivity contribution in [3.05, 3.63) is 0 Å². The minimum Gasteiger partial charge on any atom is -0.315 e. The fourth-order valence-electron chi connectivity index (χ4n) is 4.38. The van der Waals surface area contributed by atoms with Crippen molar-refractivity contribution in [1.82, 2.24) is 10.2 Å². The Morgan fingerprint density at radius 3 is 2.30 bits per heavy atom. The summed E-state index contributed by atoms with van der Waals surface area (Å²) >= 11 is 0. The van der Waals surface area contributed by atoms with Gasteiger partial charge < -0.3 is 5.32 Å². The lowest BCUT2D eigenvalue weighted by Gasteiger charge is -2.38. The van der Waals surface area contributed by atoms with Crippen molar-refractivity contribution in [2.45, 2.75) is 83.7 Å². The summed E-state index contributed by atoms with van der Waals surface area (Å²) in [4.78, 5) is 2.84. The molecule has 1 aliphatic heterocycles. The fraction of sp³-hybridized carbons (Fsp3) is 1.00. The zero-order valence-corrected chi connectivity index (χ0v) is 14.0. The molecule has 1 heterocycles. The fourth-order valence-corrected chi connectivity index (χ4v) is 4.38. The van der Waals surface area contributed by atoms with E-state index in [0.29, 0.717) is 0 Å². The highest BCUT2D eigenvalue weighted by Gasteiger charge is 2.29. The van der Waals surface area contributed by atoms with Crippen molar-refractivity contribution >= 4 is 0 Å². The van der Waals surface area contributed by atoms with Gasteiger partial charge in [0.05, 0.1) is 0 Å². The molecule has 118 valence electrons. The van der Waals surface area contributed by atoms with Crippen LogP contribution in [0, 0.1) is 11.8 Å². The summed E-state index contributed by atoms with van der Waals surface area (Å²) in [5, 5.41) is 3.63. The molecule has 20 heavy (non-hydrogen) atoms. The van der Waals surface area contributed by atoms with Crippen LogP contribution in [0.15, 0.2) is 0 Å². The van der Waals surface area contributed by atoms with E-state index in [4.69, 9.17) is 0 Å². The average Bonchev–Trinajstić information content (AvgIpc) is 2.64. The highest BCUT2D eigenvalue weighted by molar-refractivity contribution is 4.87. The molecule has 2 fully saturated rings. The number of rotatable bonds is 3. The topological polar surface area (TPSA) is 15.3 Å². The van der Waals surface area contributed by atoms with Crippen LogP contribution in [0.1, 0.15) is 71.6 Å². The van der Waals surface area contributed by atoms with Crippen molar-refractivity contribution < 1.29 is 0 Å². The first-order valence-corrected chi connectivity index (χ1v) is 9.13. The second-order valence-corrected chi connectivity index (χ2v) is 7.43. The van der Waals surface area contributed by atoms with Gasteiger partial charge in [0.25, 0.3) is 0 Å². The van der Waals surface area contributed by atoms with Crippen LogP contribution in [0.5, 0.6) is 0 Å². The van der Waals surface area contributed by atoms with Crippen LogP contribution in [-0.4, -0.2) is 37.1 Å². The molecule has 2 nitrogen and oxygen atoms in total. The third-order valence-corrected chi connectivity index (χ3v) is 5.82. The van der Waals surface area contributed by atoms with Crippen molar-refractivity contribution in [3.8, 4) is 0 Å². The van der Waals surface area contributed by atoms with E-state index in [9.17, 15) is 0 Å². The Labute approximate surface area is 126 Å². The second-order valence-electron chi connectivity index (χ2n) is 7.43. The molecule has 0 amide bonds. The molecule has 0 aromatic rings. The number of nitrogens with zero attached hydrogens (tertiary/aromatic N) is 1. The zero-order chi connectivity index (χ0) is 14.4. The highest BCUT2D eigenvalue weighted by Crippen LogP contribution is 2.28. The van der Waals surface area contributed by atoms with E-state index < -0.39 is 0 Å². The van der Waals surface area contributed by atoms with Crippen LogP contribution in [0.2, 0.25) is 0 Å². The van der Waals surface area contributed by atoms with Gasteiger partial charge in [0.2, 0.25) is 0 Å². The number of nitrogens with one attached hydrogen (secondary N) is 1. The molecule has 3 atom stereocenters. The molecule has 0 bridgehead atoms. The predicted molar refractivity (Wildman–Crippen MR) is 88.1 cm³/mol. The molecule has 1 saturated carbocycles. The van der Waals surface area contributed by atoms with E-state index in [1.165, 1.54) is 70.9 Å². The molecule has 2 aliphatic rings. The Morgan fingerprint density at radius 2 is 1.60 bits per heavy atom. The Balaban J connectivity index is 1.95. The number of likely N-dealkylation sites (tertiary alicyclic amines) is 1. The van der Waals surface area contributed by atoms with E-state index >= 15 is 0 Å². The maximum atomic E-state index is 3.63. The van der Waals surface area contributed by atoms with E-state index in [2.05, 4.69) is 31.1 Å². The van der Waals surface area contributed by atoms with Crippen LogP contribution < -0.4 is 5.32 Å². The molecular weight excluding hydrogens is 244 g/mol. The largest absolute Gasteiger partial charge is 0.315 e. The normalized spacial score (nSPS) is 34.5. The maximum Gasteiger partial charge on any atom is 0.0249 e. The quantitative estimate of drug-likeness (QED) is 0.839. The molecule has 0 radical (unpaired) electrons. The van der Waals surface area contributed by atoms with Gasteiger partial charge in [-0.05, 0) is 64.1 Å². The van der Waals surface area contributed by atoms with Crippen molar-refractivity contribution in [2.75, 3.05) is 20.1 Å². The first kappa shape index (κ1) is 16.3. The van der Waals surface area contributed by atoms with Gasteiger partial charge in [-0.1, -0.05) is 39.5 Å². The average molecular weight is 281 g/mol. The third kappa shape index (κ3) is 4.46. The maximum absolute atomic E-state index is 3.63. The summed E-state index contributed by atoms with van der Waals surface area (Å²) in [5.74, 6) is 1.83. The predicted octanol–water partition coefficient (Wildman–Crippen LogP) is 4.06. The SMILES string of the molecule is CNC1CCCCCCC1N1CCCC(C(C)C)CC1. The van der Waals surface area contributed by atoms with E-state index in [0.717, 1.165) is 23.9 Å². The highest BCUT2D eigenvalue weighted by atomic mass is 15.2. The van der Waals surface area contributed by atoms with Crippen molar-refractivity contribution in [3.63, 3.8) is 0 Å². The number of hydrogen-bond donors (Lipinski definition) is 1. The second kappa shape index (κ2) is 8.38. The molecule has 1 N–H and O–H groups in total. The van der Waals surface area contributed by atoms with Crippen LogP contribution in [0.25, 0.3) is 0 Å². The Hall–Kier alpha value is -0.0800. The molecule has 2 heteroatoms. The first-order valence-electron chi connectivity index (χ1n) is 9.13. The van der Waals surface area contributed by atoms with Gasteiger partial charge in [0.15, 0.2) is 0 Å². The van der Waals surface area contributed by atoms with Gasteiger partial charge in [-0.2, -0.15) is 0 Å². The molecule has 0 spiro atoms. The van der Waals surface area contributed by atoms with Crippen molar-refractivity contribution in [2.24, 2.45) is 11.8 Å². The minimum absolute atomic E-state index is 0.728. The molecule has 0 aromatic heterocycles. The van der Waals surface area contributed by atoms with Crippen LogP contribution in [0.4, 0.5) is 0 Å². The van der Waals surface area contributed by atoms with Crippen LogP contribution >= 0.6 is 0 Å². The summed E-state index contributed by atoms with van der Waals surface area (Å²) < 4.78 is 0. The first-order chi connectivity index (χ1) is 9.72. The summed E-state index contributed by atoms with van der Waals surface area (Å²) in [5.41, 5.74) is 0. The monoisotopic (exact) mass is 280 g/mol. The van der Waals surface area contributed by atoms with E-state index in [1.54, 1.807) is 0 Å². The van der Waals surface area contributed by atoms with Gasteiger partial charge in [-0.25, -0.2) is 0 Å². The molecule has 1 saturated heterocycles. The van der Waals surface area contributed by atoms with Gasteiger partial charge >= 0.3 is 0 Å². The standard InChI is InChI=1S/C18H36N2/c1-15(2)16-9-8-13-20(14-12-16)18-11-7-5-4-6-10-17(18)19-3/h15-19H,4-14H2,1-3H3. The van der Waals surface area contributed by atoms with E-state index in [1.807, 2.05) is 0 Å². The van der Waals surface area contributed by atoms with Crippen LogP contribution in [-0.2, 0) is 0 Å². The Morgan fingerprint density at radius 1 is 0.850 bits per heavy atom. The molecule has 0 aromatic carbocycles. The van der Waals surface area contributed by atoms with Gasteiger partial charge in [0, 0.05) is 12.1 Å². The van der Waals surface area contributed by atoms with Crippen LogP contribution in [0.3, 0.4) is 0 Å². The Bertz CT molecular complexity index is 264. The Kier molecular flexibility index (Phi) is 6.83. The smallest absolute Gasteiger partial charge is 0.0249 e. The lowest BCUT2D eigenvalue weighted by atomic mass is 9.89. The molecular formula is C18H36N2. The van der Waals surface area contributed by atoms with Gasteiger partial charge in [0.1, 0.15) is 0 Å². The summed E-state index contributed by atoms with van der Waals surface area (Å²) in [6, 6.07) is 1.53. The van der Waals surface area contributed by atoms with Gasteiger partial charge in [-0.15, -0.1) is 0 Å². The number of likely N-dealkylation sites (N-methyl/N-ethyl adjacent to an activating group) is 1. The third-order valence-electron chi connectivity index (χ3n) is 5.82. The summed E-state index contributed by atoms with van der Waals surface area (Å²) in [6.45, 7) is 7.50. The lowest BCUT2D eigenvalue weighted by molar-refractivity contribution is 0.138. The number of hydrogen-bond acceptors (Lipinski definition) is 2.